The highest BCUT2D eigenvalue weighted by atomic mass is 19.1. The molecule has 0 aliphatic carbocycles. The van der Waals surface area contributed by atoms with Crippen molar-refractivity contribution in [2.24, 2.45) is 0 Å². The second-order valence-corrected chi connectivity index (χ2v) is 8.72. The lowest BCUT2D eigenvalue weighted by Gasteiger charge is -2.11. The van der Waals surface area contributed by atoms with Gasteiger partial charge in [-0.1, -0.05) is 69.0 Å². The number of hydrogen-bond donors (Lipinski definition) is 0. The molecule has 0 amide bonds. The van der Waals surface area contributed by atoms with E-state index in [-0.39, 0.29) is 16.9 Å². The maximum absolute atomic E-state index is 15.0. The first-order chi connectivity index (χ1) is 16.5. The van der Waals surface area contributed by atoms with Gasteiger partial charge in [0.1, 0.15) is 11.6 Å². The predicted molar refractivity (Wildman–Crippen MR) is 134 cm³/mol. The molecule has 0 N–H and O–H groups in total. The molecule has 0 aromatic heterocycles. The van der Waals surface area contributed by atoms with Gasteiger partial charge in [0, 0.05) is 0 Å². The van der Waals surface area contributed by atoms with Gasteiger partial charge in [-0.2, -0.15) is 0 Å². The van der Waals surface area contributed by atoms with Gasteiger partial charge in [0.05, 0.1) is 12.7 Å². The summed E-state index contributed by atoms with van der Waals surface area (Å²) in [6.07, 6.45) is 7.32. The molecule has 4 aromatic carbocycles. The Morgan fingerprint density at radius 1 is 0.618 bits per heavy atom. The minimum Gasteiger partial charge on any atom is -0.494 e. The van der Waals surface area contributed by atoms with Crippen LogP contribution < -0.4 is 4.74 Å². The SMILES string of the molecule is CCCCCCCc1ccc2cc(-c3cc(F)c(-c4ccc(OC)c(F)c4)c(F)c3)ccc2c1. The van der Waals surface area contributed by atoms with Crippen LogP contribution in [0.3, 0.4) is 0 Å². The summed E-state index contributed by atoms with van der Waals surface area (Å²) in [5.41, 5.74) is 2.35. The summed E-state index contributed by atoms with van der Waals surface area (Å²) in [5, 5.41) is 2.13. The Kier molecular flexibility index (Phi) is 7.56. The molecule has 4 heteroatoms. The molecule has 0 heterocycles. The van der Waals surface area contributed by atoms with Gasteiger partial charge in [0.25, 0.3) is 0 Å². The molecule has 0 aliphatic heterocycles. The van der Waals surface area contributed by atoms with E-state index in [0.717, 1.165) is 28.8 Å². The number of rotatable bonds is 9. The van der Waals surface area contributed by atoms with Crippen LogP contribution in [0.1, 0.15) is 44.6 Å². The van der Waals surface area contributed by atoms with Crippen molar-refractivity contribution in [2.75, 3.05) is 7.11 Å². The van der Waals surface area contributed by atoms with Gasteiger partial charge >= 0.3 is 0 Å². The molecular weight excluding hydrogens is 433 g/mol. The third-order valence-electron chi connectivity index (χ3n) is 6.29. The number of fused-ring (bicyclic) bond motifs is 1. The monoisotopic (exact) mass is 462 g/mol. The van der Waals surface area contributed by atoms with E-state index in [9.17, 15) is 13.2 Å². The van der Waals surface area contributed by atoms with Gasteiger partial charge in [0.15, 0.2) is 11.6 Å². The fourth-order valence-electron chi connectivity index (χ4n) is 4.40. The Hall–Kier alpha value is -3.27. The van der Waals surface area contributed by atoms with Crippen molar-refractivity contribution in [1.29, 1.82) is 0 Å². The van der Waals surface area contributed by atoms with Crippen LogP contribution in [0.2, 0.25) is 0 Å². The van der Waals surface area contributed by atoms with E-state index in [1.54, 1.807) is 0 Å². The van der Waals surface area contributed by atoms with Crippen LogP contribution in [0.25, 0.3) is 33.0 Å². The smallest absolute Gasteiger partial charge is 0.165 e. The maximum atomic E-state index is 15.0. The van der Waals surface area contributed by atoms with Crippen molar-refractivity contribution in [3.63, 3.8) is 0 Å². The summed E-state index contributed by atoms with van der Waals surface area (Å²) in [6, 6.07) is 18.7. The summed E-state index contributed by atoms with van der Waals surface area (Å²) in [5.74, 6) is -2.12. The van der Waals surface area contributed by atoms with Gasteiger partial charge in [-0.15, -0.1) is 0 Å². The van der Waals surface area contributed by atoms with Crippen molar-refractivity contribution in [1.82, 2.24) is 0 Å². The number of methoxy groups -OCH3 is 1. The lowest BCUT2D eigenvalue weighted by atomic mass is 9.96. The molecule has 1 nitrogen and oxygen atoms in total. The molecule has 4 rings (SSSR count). The zero-order valence-corrected chi connectivity index (χ0v) is 19.6. The summed E-state index contributed by atoms with van der Waals surface area (Å²) < 4.78 is 48.9. The Labute approximate surface area is 199 Å². The number of unbranched alkanes of at least 4 members (excludes halogenated alkanes) is 4. The standard InChI is InChI=1S/C30H29F3O/c1-3-4-5-6-7-8-20-9-10-22-16-23(12-11-21(22)15-20)25-18-27(32)30(28(33)19-25)24-13-14-29(34-2)26(31)17-24/h9-19H,3-8H2,1-2H3. The molecule has 0 spiro atoms. The molecule has 176 valence electrons. The third-order valence-corrected chi connectivity index (χ3v) is 6.29. The summed E-state index contributed by atoms with van der Waals surface area (Å²) in [6.45, 7) is 2.22. The van der Waals surface area contributed by atoms with Crippen molar-refractivity contribution < 1.29 is 17.9 Å². The van der Waals surface area contributed by atoms with E-state index in [2.05, 4.69) is 25.1 Å². The average Bonchev–Trinajstić information content (AvgIpc) is 2.83. The molecule has 0 saturated carbocycles. The molecule has 0 fully saturated rings. The number of aryl methyl sites for hydroxylation is 1. The highest BCUT2D eigenvalue weighted by Gasteiger charge is 2.16. The Balaban J connectivity index is 1.57. The molecular formula is C30H29F3O. The van der Waals surface area contributed by atoms with Crippen LogP contribution in [-0.2, 0) is 6.42 Å². The van der Waals surface area contributed by atoms with Crippen LogP contribution in [0.5, 0.6) is 5.75 Å². The maximum Gasteiger partial charge on any atom is 0.165 e. The fourth-order valence-corrected chi connectivity index (χ4v) is 4.40. The minimum atomic E-state index is -0.738. The van der Waals surface area contributed by atoms with Gasteiger partial charge in [-0.3, -0.25) is 0 Å². The molecule has 4 aromatic rings. The second-order valence-electron chi connectivity index (χ2n) is 8.72. The fraction of sp³-hybridized carbons (Fsp3) is 0.267. The zero-order valence-electron chi connectivity index (χ0n) is 19.6. The number of benzene rings is 4. The van der Waals surface area contributed by atoms with Crippen molar-refractivity contribution in [3.05, 3.63) is 89.7 Å². The highest BCUT2D eigenvalue weighted by molar-refractivity contribution is 5.88. The van der Waals surface area contributed by atoms with E-state index in [1.807, 2.05) is 18.2 Å². The first-order valence-electron chi connectivity index (χ1n) is 11.9. The Morgan fingerprint density at radius 2 is 1.26 bits per heavy atom. The second kappa shape index (κ2) is 10.8. The van der Waals surface area contributed by atoms with Crippen LogP contribution in [0.4, 0.5) is 13.2 Å². The number of hydrogen-bond acceptors (Lipinski definition) is 1. The topological polar surface area (TPSA) is 9.23 Å². The van der Waals surface area contributed by atoms with E-state index >= 15 is 0 Å². The summed E-state index contributed by atoms with van der Waals surface area (Å²) in [7, 11) is 1.34. The molecule has 0 aliphatic rings. The van der Waals surface area contributed by atoms with Crippen LogP contribution >= 0.6 is 0 Å². The largest absolute Gasteiger partial charge is 0.494 e. The molecule has 0 unspecified atom stereocenters. The van der Waals surface area contributed by atoms with Crippen molar-refractivity contribution >= 4 is 10.8 Å². The van der Waals surface area contributed by atoms with Crippen LogP contribution in [0.15, 0.2) is 66.7 Å². The van der Waals surface area contributed by atoms with Gasteiger partial charge in [0.2, 0.25) is 0 Å². The Morgan fingerprint density at radius 3 is 1.97 bits per heavy atom. The van der Waals surface area contributed by atoms with E-state index < -0.39 is 17.5 Å². The van der Waals surface area contributed by atoms with Crippen LogP contribution in [0, 0.1) is 17.5 Å². The van der Waals surface area contributed by atoms with E-state index in [4.69, 9.17) is 4.74 Å². The molecule has 0 saturated heterocycles. The summed E-state index contributed by atoms with van der Waals surface area (Å²) >= 11 is 0. The predicted octanol–water partition coefficient (Wildman–Crippen LogP) is 9.11. The van der Waals surface area contributed by atoms with Crippen LogP contribution in [-0.4, -0.2) is 7.11 Å². The van der Waals surface area contributed by atoms with E-state index in [0.29, 0.717) is 5.56 Å². The number of halogens is 3. The first-order valence-corrected chi connectivity index (χ1v) is 11.9. The summed E-state index contributed by atoms with van der Waals surface area (Å²) in [4.78, 5) is 0. The van der Waals surface area contributed by atoms with Crippen molar-refractivity contribution in [3.8, 4) is 28.0 Å². The highest BCUT2D eigenvalue weighted by Crippen LogP contribution is 2.34. The van der Waals surface area contributed by atoms with E-state index in [1.165, 1.54) is 69.0 Å². The van der Waals surface area contributed by atoms with Gasteiger partial charge < -0.3 is 4.74 Å². The molecule has 0 radical (unpaired) electrons. The molecule has 34 heavy (non-hydrogen) atoms. The first kappa shape index (κ1) is 23.9. The van der Waals surface area contributed by atoms with Crippen molar-refractivity contribution in [2.45, 2.75) is 45.4 Å². The third kappa shape index (κ3) is 5.27. The number of ether oxygens (including phenoxy) is 1. The molecule has 0 bridgehead atoms. The lowest BCUT2D eigenvalue weighted by Crippen LogP contribution is -1.94. The molecule has 0 atom stereocenters. The quantitative estimate of drug-likeness (QED) is 0.225. The van der Waals surface area contributed by atoms with Gasteiger partial charge in [-0.05, 0) is 76.2 Å². The normalized spacial score (nSPS) is 11.2. The lowest BCUT2D eigenvalue weighted by molar-refractivity contribution is 0.386. The Bertz CT molecular complexity index is 1270. The zero-order chi connectivity index (χ0) is 24.1. The van der Waals surface area contributed by atoms with Gasteiger partial charge in [-0.25, -0.2) is 13.2 Å². The minimum absolute atomic E-state index is 0.0250. The average molecular weight is 463 g/mol.